The molecule has 5 heteroatoms. The Balaban J connectivity index is 2.05. The fourth-order valence-corrected chi connectivity index (χ4v) is 2.94. The first-order valence-corrected chi connectivity index (χ1v) is 7.12. The SMILES string of the molecule is C[C@@H](c1ccc(F)cc1)[C@H](N)C(=O)N1CCSC1. The van der Waals surface area contributed by atoms with E-state index in [4.69, 9.17) is 5.73 Å². The third kappa shape index (κ3) is 2.84. The van der Waals surface area contributed by atoms with E-state index in [1.54, 1.807) is 28.8 Å². The lowest BCUT2D eigenvalue weighted by Crippen LogP contribution is -2.45. The average molecular weight is 268 g/mol. The van der Waals surface area contributed by atoms with Gasteiger partial charge in [0.05, 0.1) is 11.9 Å². The van der Waals surface area contributed by atoms with Crippen LogP contribution in [0.15, 0.2) is 24.3 Å². The molecular formula is C13H17FN2OS. The number of hydrogen-bond acceptors (Lipinski definition) is 3. The Morgan fingerprint density at radius 2 is 2.11 bits per heavy atom. The molecule has 0 spiro atoms. The van der Waals surface area contributed by atoms with Gasteiger partial charge in [-0.3, -0.25) is 4.79 Å². The molecule has 1 aromatic carbocycles. The van der Waals surface area contributed by atoms with Gasteiger partial charge in [-0.2, -0.15) is 0 Å². The van der Waals surface area contributed by atoms with Crippen molar-refractivity contribution in [2.75, 3.05) is 18.2 Å². The quantitative estimate of drug-likeness (QED) is 0.909. The second kappa shape index (κ2) is 5.71. The Labute approximate surface area is 111 Å². The lowest BCUT2D eigenvalue weighted by atomic mass is 9.93. The second-order valence-electron chi connectivity index (χ2n) is 4.51. The highest BCUT2D eigenvalue weighted by Crippen LogP contribution is 2.22. The Morgan fingerprint density at radius 1 is 1.44 bits per heavy atom. The van der Waals surface area contributed by atoms with Gasteiger partial charge in [0.1, 0.15) is 5.82 Å². The van der Waals surface area contributed by atoms with Gasteiger partial charge in [0, 0.05) is 18.2 Å². The lowest BCUT2D eigenvalue weighted by Gasteiger charge is -2.24. The van der Waals surface area contributed by atoms with Crippen LogP contribution in [0.1, 0.15) is 18.4 Å². The zero-order chi connectivity index (χ0) is 13.1. The van der Waals surface area contributed by atoms with Crippen LogP contribution in [0, 0.1) is 5.82 Å². The van der Waals surface area contributed by atoms with Crippen molar-refractivity contribution >= 4 is 17.7 Å². The van der Waals surface area contributed by atoms with Gasteiger partial charge in [0.2, 0.25) is 5.91 Å². The van der Waals surface area contributed by atoms with Gasteiger partial charge in [-0.25, -0.2) is 4.39 Å². The highest BCUT2D eigenvalue weighted by atomic mass is 32.2. The largest absolute Gasteiger partial charge is 0.331 e. The first-order chi connectivity index (χ1) is 8.59. The topological polar surface area (TPSA) is 46.3 Å². The predicted octanol–water partition coefficient (Wildman–Crippen LogP) is 1.79. The normalized spacial score (nSPS) is 18.7. The molecule has 1 heterocycles. The fourth-order valence-electron chi connectivity index (χ4n) is 1.99. The van der Waals surface area contributed by atoms with Crippen molar-refractivity contribution in [3.05, 3.63) is 35.6 Å². The van der Waals surface area contributed by atoms with Crippen molar-refractivity contribution in [2.45, 2.75) is 18.9 Å². The van der Waals surface area contributed by atoms with Crippen LogP contribution in [0.4, 0.5) is 4.39 Å². The van der Waals surface area contributed by atoms with E-state index in [1.807, 2.05) is 6.92 Å². The summed E-state index contributed by atoms with van der Waals surface area (Å²) in [7, 11) is 0. The van der Waals surface area contributed by atoms with Crippen molar-refractivity contribution in [2.24, 2.45) is 5.73 Å². The zero-order valence-corrected chi connectivity index (χ0v) is 11.1. The maximum Gasteiger partial charge on any atom is 0.240 e. The average Bonchev–Trinajstić information content (AvgIpc) is 2.91. The molecule has 1 aromatic rings. The number of carbonyl (C=O) groups excluding carboxylic acids is 1. The Morgan fingerprint density at radius 3 is 2.67 bits per heavy atom. The zero-order valence-electron chi connectivity index (χ0n) is 10.3. The first kappa shape index (κ1) is 13.4. The molecule has 1 aliphatic heterocycles. The van der Waals surface area contributed by atoms with Gasteiger partial charge < -0.3 is 10.6 Å². The van der Waals surface area contributed by atoms with Gasteiger partial charge >= 0.3 is 0 Å². The van der Waals surface area contributed by atoms with E-state index in [1.165, 1.54) is 12.1 Å². The second-order valence-corrected chi connectivity index (χ2v) is 5.58. The van der Waals surface area contributed by atoms with Crippen molar-refractivity contribution in [1.29, 1.82) is 0 Å². The number of nitrogens with zero attached hydrogens (tertiary/aromatic N) is 1. The van der Waals surface area contributed by atoms with Gasteiger partial charge in [-0.05, 0) is 17.7 Å². The monoisotopic (exact) mass is 268 g/mol. The maximum absolute atomic E-state index is 12.8. The third-order valence-electron chi connectivity index (χ3n) is 3.28. The summed E-state index contributed by atoms with van der Waals surface area (Å²) in [5, 5.41) is 0. The number of rotatable bonds is 3. The molecule has 0 aliphatic carbocycles. The maximum atomic E-state index is 12.8. The molecule has 0 bridgehead atoms. The number of hydrogen-bond donors (Lipinski definition) is 1. The van der Waals surface area contributed by atoms with Crippen LogP contribution in [-0.2, 0) is 4.79 Å². The standard InChI is InChI=1S/C13H17FN2OS/c1-9(10-2-4-11(14)5-3-10)12(15)13(17)16-6-7-18-8-16/h2-5,9,12H,6-8,15H2,1H3/t9-,12-/m0/s1. The minimum Gasteiger partial charge on any atom is -0.331 e. The molecule has 3 nitrogen and oxygen atoms in total. The summed E-state index contributed by atoms with van der Waals surface area (Å²) in [5.74, 6) is 1.30. The minimum absolute atomic E-state index is 0.0168. The van der Waals surface area contributed by atoms with Gasteiger partial charge in [-0.15, -0.1) is 11.8 Å². The van der Waals surface area contributed by atoms with Crippen molar-refractivity contribution in [1.82, 2.24) is 4.90 Å². The van der Waals surface area contributed by atoms with E-state index in [-0.39, 0.29) is 17.6 Å². The lowest BCUT2D eigenvalue weighted by molar-refractivity contribution is -0.131. The van der Waals surface area contributed by atoms with E-state index < -0.39 is 6.04 Å². The smallest absolute Gasteiger partial charge is 0.240 e. The number of halogens is 1. The van der Waals surface area contributed by atoms with Crippen LogP contribution in [0.5, 0.6) is 0 Å². The fraction of sp³-hybridized carbons (Fsp3) is 0.462. The number of amides is 1. The van der Waals surface area contributed by atoms with E-state index >= 15 is 0 Å². The molecule has 2 atom stereocenters. The molecule has 0 unspecified atom stereocenters. The van der Waals surface area contributed by atoms with Crippen molar-refractivity contribution in [3.8, 4) is 0 Å². The molecule has 1 aliphatic rings. The molecule has 1 saturated heterocycles. The first-order valence-electron chi connectivity index (χ1n) is 5.97. The Bertz CT molecular complexity index is 418. The van der Waals surface area contributed by atoms with Crippen molar-refractivity contribution in [3.63, 3.8) is 0 Å². The van der Waals surface area contributed by atoms with Gasteiger partial charge in [-0.1, -0.05) is 19.1 Å². The van der Waals surface area contributed by atoms with Crippen LogP contribution >= 0.6 is 11.8 Å². The van der Waals surface area contributed by atoms with E-state index in [9.17, 15) is 9.18 Å². The highest BCUT2D eigenvalue weighted by Gasteiger charge is 2.28. The summed E-state index contributed by atoms with van der Waals surface area (Å²) in [6, 6.07) is 5.61. The molecule has 2 N–H and O–H groups in total. The molecular weight excluding hydrogens is 251 g/mol. The Hall–Kier alpha value is -1.07. The van der Waals surface area contributed by atoms with Crippen LogP contribution < -0.4 is 5.73 Å². The summed E-state index contributed by atoms with van der Waals surface area (Å²) in [6.07, 6.45) is 0. The van der Waals surface area contributed by atoms with E-state index in [0.717, 1.165) is 23.7 Å². The van der Waals surface area contributed by atoms with Crippen LogP contribution in [0.2, 0.25) is 0 Å². The minimum atomic E-state index is -0.561. The van der Waals surface area contributed by atoms with Gasteiger partial charge in [0.15, 0.2) is 0 Å². The summed E-state index contributed by atoms with van der Waals surface area (Å²) in [4.78, 5) is 13.9. The molecule has 1 amide bonds. The number of carbonyl (C=O) groups is 1. The van der Waals surface area contributed by atoms with Crippen molar-refractivity contribution < 1.29 is 9.18 Å². The van der Waals surface area contributed by atoms with Crippen LogP contribution in [0.25, 0.3) is 0 Å². The number of nitrogens with two attached hydrogens (primary N) is 1. The molecule has 0 saturated carbocycles. The predicted molar refractivity (Wildman–Crippen MR) is 71.8 cm³/mol. The number of benzene rings is 1. The van der Waals surface area contributed by atoms with E-state index in [0.29, 0.717) is 0 Å². The molecule has 2 rings (SSSR count). The molecule has 98 valence electrons. The Kier molecular flexibility index (Phi) is 4.24. The molecule has 0 aromatic heterocycles. The third-order valence-corrected chi connectivity index (χ3v) is 4.25. The summed E-state index contributed by atoms with van der Waals surface area (Å²) >= 11 is 1.74. The molecule has 18 heavy (non-hydrogen) atoms. The molecule has 0 radical (unpaired) electrons. The highest BCUT2D eigenvalue weighted by molar-refractivity contribution is 7.99. The number of thioether (sulfide) groups is 1. The summed E-state index contributed by atoms with van der Waals surface area (Å²) < 4.78 is 12.8. The van der Waals surface area contributed by atoms with E-state index in [2.05, 4.69) is 0 Å². The summed E-state index contributed by atoms with van der Waals surface area (Å²) in [5.41, 5.74) is 6.91. The summed E-state index contributed by atoms with van der Waals surface area (Å²) in [6.45, 7) is 2.67. The van der Waals surface area contributed by atoms with Crippen LogP contribution in [0.3, 0.4) is 0 Å². The van der Waals surface area contributed by atoms with Crippen LogP contribution in [-0.4, -0.2) is 35.0 Å². The van der Waals surface area contributed by atoms with Gasteiger partial charge in [0.25, 0.3) is 0 Å². The molecule has 1 fully saturated rings.